The molecule has 1 heterocycles. The minimum absolute atomic E-state index is 0.0230. The van der Waals surface area contributed by atoms with E-state index in [1.165, 1.54) is 0 Å². The van der Waals surface area contributed by atoms with Crippen molar-refractivity contribution in [2.24, 2.45) is 0 Å². The number of hydrogen-bond donors (Lipinski definition) is 1. The van der Waals surface area contributed by atoms with Crippen molar-refractivity contribution in [1.82, 2.24) is 14.7 Å². The minimum atomic E-state index is -0.324. The van der Waals surface area contributed by atoms with E-state index in [-0.39, 0.29) is 30.9 Å². The molecule has 200 valence electrons. The average Bonchev–Trinajstić information content (AvgIpc) is 2.93. The fourth-order valence-electron chi connectivity index (χ4n) is 4.36. The van der Waals surface area contributed by atoms with Crippen LogP contribution in [0, 0.1) is 0 Å². The Morgan fingerprint density at radius 2 is 1.37 bits per heavy atom. The second kappa shape index (κ2) is 13.0. The van der Waals surface area contributed by atoms with Gasteiger partial charge < -0.3 is 24.5 Å². The number of carbonyl (C=O) groups is 2. The predicted octanol–water partition coefficient (Wildman–Crippen LogP) is 3.94. The lowest BCUT2D eigenvalue weighted by Gasteiger charge is -2.35. The summed E-state index contributed by atoms with van der Waals surface area (Å²) in [5, 5.41) is 9.65. The molecule has 0 aliphatic carbocycles. The van der Waals surface area contributed by atoms with Gasteiger partial charge in [-0.1, -0.05) is 54.6 Å². The number of amides is 2. The number of rotatable bonds is 9. The molecule has 1 saturated heterocycles. The standard InChI is InChI=1S/C30H36N4O4/c1-31(2)27-12-8-24(9-13-27)20-34(21-25-10-14-28(35)15-11-25)29(36)22-32-16-18-33(19-17-32)30(37)38-23-26-6-4-3-5-7-26/h3-15,35H,16-23H2,1-2H3. The summed E-state index contributed by atoms with van der Waals surface area (Å²) >= 11 is 0. The molecule has 1 N–H and O–H groups in total. The van der Waals surface area contributed by atoms with Crippen LogP contribution in [0.3, 0.4) is 0 Å². The molecular weight excluding hydrogens is 480 g/mol. The highest BCUT2D eigenvalue weighted by Crippen LogP contribution is 2.18. The number of benzene rings is 3. The van der Waals surface area contributed by atoms with Gasteiger partial charge in [0.15, 0.2) is 0 Å². The molecule has 38 heavy (non-hydrogen) atoms. The third kappa shape index (κ3) is 7.73. The maximum absolute atomic E-state index is 13.5. The zero-order valence-electron chi connectivity index (χ0n) is 22.1. The second-order valence-electron chi connectivity index (χ2n) is 9.78. The Labute approximate surface area is 224 Å². The molecule has 1 aliphatic heterocycles. The molecule has 0 radical (unpaired) electrons. The summed E-state index contributed by atoms with van der Waals surface area (Å²) in [6.07, 6.45) is -0.324. The van der Waals surface area contributed by atoms with Crippen molar-refractivity contribution in [2.45, 2.75) is 19.7 Å². The van der Waals surface area contributed by atoms with Gasteiger partial charge in [0.1, 0.15) is 12.4 Å². The van der Waals surface area contributed by atoms with Crippen LogP contribution >= 0.6 is 0 Å². The monoisotopic (exact) mass is 516 g/mol. The first-order valence-corrected chi connectivity index (χ1v) is 12.9. The molecule has 8 heteroatoms. The molecule has 0 bridgehead atoms. The number of ether oxygens (including phenoxy) is 1. The van der Waals surface area contributed by atoms with E-state index < -0.39 is 0 Å². The number of phenols is 1. The summed E-state index contributed by atoms with van der Waals surface area (Å²) in [6.45, 7) is 3.71. The highest BCUT2D eigenvalue weighted by Gasteiger charge is 2.25. The molecule has 0 saturated carbocycles. The quantitative estimate of drug-likeness (QED) is 0.464. The zero-order valence-corrected chi connectivity index (χ0v) is 22.1. The summed E-state index contributed by atoms with van der Waals surface area (Å²) in [4.78, 5) is 33.6. The van der Waals surface area contributed by atoms with E-state index in [1.807, 2.05) is 78.5 Å². The number of hydrogen-bond acceptors (Lipinski definition) is 6. The summed E-state index contributed by atoms with van der Waals surface area (Å²) in [5.74, 6) is 0.223. The van der Waals surface area contributed by atoms with Crippen molar-refractivity contribution in [3.05, 3.63) is 95.6 Å². The molecule has 8 nitrogen and oxygen atoms in total. The lowest BCUT2D eigenvalue weighted by molar-refractivity contribution is -0.134. The van der Waals surface area contributed by atoms with Gasteiger partial charge in [-0.3, -0.25) is 9.69 Å². The third-order valence-electron chi connectivity index (χ3n) is 6.68. The number of carbonyl (C=O) groups excluding carboxylic acids is 2. The largest absolute Gasteiger partial charge is 0.508 e. The average molecular weight is 517 g/mol. The van der Waals surface area contributed by atoms with Crippen molar-refractivity contribution in [2.75, 3.05) is 51.7 Å². The summed E-state index contributed by atoms with van der Waals surface area (Å²) < 4.78 is 5.46. The zero-order chi connectivity index (χ0) is 26.9. The SMILES string of the molecule is CN(C)c1ccc(CN(Cc2ccc(O)cc2)C(=O)CN2CCN(C(=O)OCc3ccccc3)CC2)cc1. The summed E-state index contributed by atoms with van der Waals surface area (Å²) in [5.41, 5.74) is 4.06. The second-order valence-corrected chi connectivity index (χ2v) is 9.78. The smallest absolute Gasteiger partial charge is 0.410 e. The van der Waals surface area contributed by atoms with Crippen LogP contribution in [0.25, 0.3) is 0 Å². The topological polar surface area (TPSA) is 76.6 Å². The number of nitrogens with zero attached hydrogens (tertiary/aromatic N) is 4. The Balaban J connectivity index is 1.33. The lowest BCUT2D eigenvalue weighted by atomic mass is 10.1. The first kappa shape index (κ1) is 27.0. The van der Waals surface area contributed by atoms with Gasteiger partial charge in [0, 0.05) is 59.1 Å². The molecule has 1 fully saturated rings. The van der Waals surface area contributed by atoms with E-state index in [0.717, 1.165) is 22.4 Å². The van der Waals surface area contributed by atoms with Gasteiger partial charge in [0.2, 0.25) is 5.91 Å². The van der Waals surface area contributed by atoms with E-state index in [1.54, 1.807) is 17.0 Å². The Morgan fingerprint density at radius 3 is 1.95 bits per heavy atom. The fraction of sp³-hybridized carbons (Fsp3) is 0.333. The van der Waals surface area contributed by atoms with Crippen LogP contribution in [-0.2, 0) is 29.2 Å². The Morgan fingerprint density at radius 1 is 0.789 bits per heavy atom. The van der Waals surface area contributed by atoms with Crippen LogP contribution in [0.5, 0.6) is 5.75 Å². The molecular formula is C30H36N4O4. The number of anilines is 1. The van der Waals surface area contributed by atoms with Gasteiger partial charge in [-0.2, -0.15) is 0 Å². The number of aromatic hydroxyl groups is 1. The van der Waals surface area contributed by atoms with Gasteiger partial charge in [0.05, 0.1) is 6.54 Å². The number of phenolic OH excluding ortho intramolecular Hbond substituents is 1. The fourth-order valence-corrected chi connectivity index (χ4v) is 4.36. The number of piperazine rings is 1. The van der Waals surface area contributed by atoms with Crippen molar-refractivity contribution in [3.8, 4) is 5.75 Å². The molecule has 0 spiro atoms. The van der Waals surface area contributed by atoms with Crippen LogP contribution in [-0.4, -0.2) is 78.6 Å². The van der Waals surface area contributed by atoms with Crippen LogP contribution in [0.2, 0.25) is 0 Å². The highest BCUT2D eigenvalue weighted by atomic mass is 16.6. The third-order valence-corrected chi connectivity index (χ3v) is 6.68. The van der Waals surface area contributed by atoms with Crippen LogP contribution in [0.4, 0.5) is 10.5 Å². The van der Waals surface area contributed by atoms with Crippen LogP contribution < -0.4 is 4.90 Å². The van der Waals surface area contributed by atoms with Crippen LogP contribution in [0.1, 0.15) is 16.7 Å². The molecule has 3 aromatic rings. The molecule has 3 aromatic carbocycles. The minimum Gasteiger partial charge on any atom is -0.508 e. The molecule has 0 unspecified atom stereocenters. The van der Waals surface area contributed by atoms with E-state index in [2.05, 4.69) is 17.0 Å². The summed E-state index contributed by atoms with van der Waals surface area (Å²) in [7, 11) is 4.00. The van der Waals surface area contributed by atoms with Gasteiger partial charge in [-0.25, -0.2) is 4.79 Å². The first-order chi connectivity index (χ1) is 18.4. The lowest BCUT2D eigenvalue weighted by Crippen LogP contribution is -2.51. The maximum atomic E-state index is 13.5. The van der Waals surface area contributed by atoms with E-state index in [9.17, 15) is 14.7 Å². The van der Waals surface area contributed by atoms with Gasteiger partial charge in [0.25, 0.3) is 0 Å². The normalized spacial score (nSPS) is 13.7. The van der Waals surface area contributed by atoms with Crippen molar-refractivity contribution >= 4 is 17.7 Å². The first-order valence-electron chi connectivity index (χ1n) is 12.9. The van der Waals surface area contributed by atoms with Crippen molar-refractivity contribution in [3.63, 3.8) is 0 Å². The highest BCUT2D eigenvalue weighted by molar-refractivity contribution is 5.78. The Bertz CT molecular complexity index is 1180. The van der Waals surface area contributed by atoms with Gasteiger partial charge >= 0.3 is 6.09 Å². The van der Waals surface area contributed by atoms with Crippen molar-refractivity contribution in [1.29, 1.82) is 0 Å². The Kier molecular flexibility index (Phi) is 9.21. The van der Waals surface area contributed by atoms with Crippen molar-refractivity contribution < 1.29 is 19.4 Å². The van der Waals surface area contributed by atoms with Gasteiger partial charge in [-0.05, 0) is 41.0 Å². The molecule has 2 amide bonds. The Hall–Kier alpha value is -4.04. The van der Waals surface area contributed by atoms with E-state index in [0.29, 0.717) is 39.3 Å². The molecule has 1 aliphatic rings. The van der Waals surface area contributed by atoms with E-state index >= 15 is 0 Å². The predicted molar refractivity (Wildman–Crippen MR) is 148 cm³/mol. The van der Waals surface area contributed by atoms with E-state index in [4.69, 9.17) is 4.74 Å². The maximum Gasteiger partial charge on any atom is 0.410 e. The van der Waals surface area contributed by atoms with Gasteiger partial charge in [-0.15, -0.1) is 0 Å². The molecule has 0 aromatic heterocycles. The molecule has 4 rings (SSSR count). The summed E-state index contributed by atoms with van der Waals surface area (Å²) in [6, 6.07) is 24.8. The van der Waals surface area contributed by atoms with Crippen LogP contribution in [0.15, 0.2) is 78.9 Å². The molecule has 0 atom stereocenters.